The minimum atomic E-state index is -4.14. The monoisotopic (exact) mass is 410 g/mol. The van der Waals surface area contributed by atoms with E-state index in [-0.39, 0.29) is 45.9 Å². The topological polar surface area (TPSA) is 58.6 Å². The molecule has 0 rings (SSSR count). The largest absolute Gasteiger partial charge is 0.756 e. The van der Waals surface area contributed by atoms with E-state index in [0.29, 0.717) is 11.8 Å². The molecule has 4 nitrogen and oxygen atoms in total. The van der Waals surface area contributed by atoms with Gasteiger partial charge in [-0.05, 0) is 24.7 Å². The summed E-state index contributed by atoms with van der Waals surface area (Å²) in [6, 6.07) is 0. The second-order valence-electron chi connectivity index (χ2n) is 5.87. The molecule has 0 saturated heterocycles. The number of hydrogen-bond donors (Lipinski definition) is 0. The van der Waals surface area contributed by atoms with Crippen LogP contribution in [0.5, 0.6) is 0 Å². The van der Waals surface area contributed by atoms with Gasteiger partial charge in [-0.25, -0.2) is 0 Å². The van der Waals surface area contributed by atoms with Gasteiger partial charge in [-0.2, -0.15) is 0 Å². The Morgan fingerprint density at radius 1 is 0.864 bits per heavy atom. The fourth-order valence-corrected chi connectivity index (χ4v) is 3.09. The smallest absolute Gasteiger partial charge is 0.267 e. The van der Waals surface area contributed by atoms with Gasteiger partial charge in [-0.3, -0.25) is 4.57 Å². The Morgan fingerprint density at radius 3 is 1.50 bits per heavy atom. The van der Waals surface area contributed by atoms with E-state index in [1.165, 1.54) is 0 Å². The van der Waals surface area contributed by atoms with E-state index >= 15 is 0 Å². The minimum Gasteiger partial charge on any atom is -0.756 e. The SMILES string of the molecule is CCCCC(CC)COP(=O)([O-])OCC(CC)CCCC.[Y]. The first-order valence-corrected chi connectivity index (χ1v) is 10.0. The van der Waals surface area contributed by atoms with Gasteiger partial charge in [0.2, 0.25) is 0 Å². The molecule has 0 aromatic heterocycles. The average Bonchev–Trinajstić information content (AvgIpc) is 2.47. The van der Waals surface area contributed by atoms with Crippen LogP contribution in [0.4, 0.5) is 0 Å². The second kappa shape index (κ2) is 15.7. The first-order chi connectivity index (χ1) is 9.99. The standard InChI is InChI=1S/C16H35O4P.Y/c1-5-9-11-15(7-3)13-19-21(17,18)20-14-16(8-4)12-10-6-2;/h15-16H,5-14H2,1-4H3,(H,17,18);/p-1. The van der Waals surface area contributed by atoms with Gasteiger partial charge >= 0.3 is 0 Å². The van der Waals surface area contributed by atoms with Crippen LogP contribution in [-0.4, -0.2) is 13.2 Å². The third kappa shape index (κ3) is 13.6. The first kappa shape index (κ1) is 25.5. The van der Waals surface area contributed by atoms with E-state index in [0.717, 1.165) is 51.4 Å². The van der Waals surface area contributed by atoms with Crippen LogP contribution in [0.1, 0.15) is 79.1 Å². The summed E-state index contributed by atoms with van der Waals surface area (Å²) in [5, 5.41) is 0. The van der Waals surface area contributed by atoms with Crippen molar-refractivity contribution in [3.8, 4) is 0 Å². The van der Waals surface area contributed by atoms with E-state index in [1.807, 2.05) is 0 Å². The van der Waals surface area contributed by atoms with Crippen LogP contribution in [0, 0.1) is 11.8 Å². The van der Waals surface area contributed by atoms with E-state index in [2.05, 4.69) is 27.7 Å². The molecule has 0 fully saturated rings. The minimum absolute atomic E-state index is 0. The Bertz CT molecular complexity index is 265. The van der Waals surface area contributed by atoms with E-state index in [4.69, 9.17) is 9.05 Å². The zero-order valence-electron chi connectivity index (χ0n) is 14.9. The van der Waals surface area contributed by atoms with Gasteiger partial charge in [0.25, 0.3) is 7.82 Å². The Morgan fingerprint density at radius 2 is 1.23 bits per heavy atom. The number of hydrogen-bond acceptors (Lipinski definition) is 4. The van der Waals surface area contributed by atoms with Crippen molar-refractivity contribution in [1.29, 1.82) is 0 Å². The Balaban J connectivity index is 0. The van der Waals surface area contributed by atoms with Crippen molar-refractivity contribution in [3.63, 3.8) is 0 Å². The quantitative estimate of drug-likeness (QED) is 0.382. The zero-order valence-corrected chi connectivity index (χ0v) is 18.6. The number of rotatable bonds is 14. The van der Waals surface area contributed by atoms with Gasteiger partial charge in [0.15, 0.2) is 0 Å². The average molecular weight is 410 g/mol. The Kier molecular flexibility index (Phi) is 18.2. The summed E-state index contributed by atoms with van der Waals surface area (Å²) in [6.45, 7) is 8.91. The second-order valence-corrected chi connectivity index (χ2v) is 7.28. The van der Waals surface area contributed by atoms with E-state index in [1.54, 1.807) is 0 Å². The first-order valence-electron chi connectivity index (χ1n) is 8.59. The molecule has 131 valence electrons. The molecular weight excluding hydrogens is 376 g/mol. The molecule has 0 aliphatic rings. The summed E-state index contributed by atoms with van der Waals surface area (Å²) in [6.07, 6.45) is 8.38. The molecular formula is C16H34O4PY-. The van der Waals surface area contributed by atoms with Gasteiger partial charge in [0, 0.05) is 32.7 Å². The molecule has 2 unspecified atom stereocenters. The predicted octanol–water partition coefficient (Wildman–Crippen LogP) is 4.92. The summed E-state index contributed by atoms with van der Waals surface area (Å²) >= 11 is 0. The molecule has 0 N–H and O–H groups in total. The van der Waals surface area contributed by atoms with Gasteiger partial charge in [-0.15, -0.1) is 0 Å². The molecule has 0 aliphatic carbocycles. The third-order valence-corrected chi connectivity index (χ3v) is 4.95. The van der Waals surface area contributed by atoms with Crippen molar-refractivity contribution < 1.29 is 51.2 Å². The third-order valence-electron chi connectivity index (χ3n) is 4.02. The van der Waals surface area contributed by atoms with Crippen molar-refractivity contribution >= 4 is 7.82 Å². The maximum absolute atomic E-state index is 11.8. The molecule has 0 heterocycles. The van der Waals surface area contributed by atoms with Crippen molar-refractivity contribution in [2.45, 2.75) is 79.1 Å². The fraction of sp³-hybridized carbons (Fsp3) is 1.00. The molecule has 6 heteroatoms. The summed E-state index contributed by atoms with van der Waals surface area (Å²) in [5.41, 5.74) is 0. The molecule has 0 spiro atoms. The zero-order chi connectivity index (χ0) is 16.1. The van der Waals surface area contributed by atoms with Crippen LogP contribution < -0.4 is 4.89 Å². The van der Waals surface area contributed by atoms with Crippen LogP contribution in [0.25, 0.3) is 0 Å². The van der Waals surface area contributed by atoms with Crippen LogP contribution in [-0.2, 0) is 46.3 Å². The Labute approximate surface area is 162 Å². The molecule has 22 heavy (non-hydrogen) atoms. The molecule has 0 amide bonds. The van der Waals surface area contributed by atoms with Gasteiger partial charge < -0.3 is 13.9 Å². The predicted molar refractivity (Wildman–Crippen MR) is 86.1 cm³/mol. The summed E-state index contributed by atoms with van der Waals surface area (Å²) < 4.78 is 21.9. The van der Waals surface area contributed by atoms with E-state index < -0.39 is 7.82 Å². The normalized spacial score (nSPS) is 16.6. The van der Waals surface area contributed by atoms with Crippen LogP contribution in [0.3, 0.4) is 0 Å². The molecule has 0 aliphatic heterocycles. The van der Waals surface area contributed by atoms with Gasteiger partial charge in [0.05, 0.1) is 13.2 Å². The maximum atomic E-state index is 11.8. The molecule has 0 aromatic rings. The summed E-state index contributed by atoms with van der Waals surface area (Å²) in [7, 11) is -4.14. The van der Waals surface area contributed by atoms with Crippen molar-refractivity contribution in [2.24, 2.45) is 11.8 Å². The molecule has 2 atom stereocenters. The van der Waals surface area contributed by atoms with Crippen LogP contribution >= 0.6 is 7.82 Å². The molecule has 0 saturated carbocycles. The number of phosphoric ester groups is 1. The van der Waals surface area contributed by atoms with Gasteiger partial charge in [-0.1, -0.05) is 66.2 Å². The molecule has 0 bridgehead atoms. The molecule has 1 radical (unpaired) electrons. The number of unbranched alkanes of at least 4 members (excludes halogenated alkanes) is 2. The van der Waals surface area contributed by atoms with Crippen molar-refractivity contribution in [3.05, 3.63) is 0 Å². The molecule has 0 aromatic carbocycles. The summed E-state index contributed by atoms with van der Waals surface area (Å²) in [5.74, 6) is 0.607. The van der Waals surface area contributed by atoms with E-state index in [9.17, 15) is 9.46 Å². The maximum Gasteiger partial charge on any atom is 0.267 e. The van der Waals surface area contributed by atoms with Crippen LogP contribution in [0.2, 0.25) is 0 Å². The van der Waals surface area contributed by atoms with Gasteiger partial charge in [0.1, 0.15) is 0 Å². The van der Waals surface area contributed by atoms with Crippen molar-refractivity contribution in [1.82, 2.24) is 0 Å². The Hall–Kier alpha value is 1.21. The number of phosphoric acid groups is 1. The van der Waals surface area contributed by atoms with Crippen LogP contribution in [0.15, 0.2) is 0 Å². The van der Waals surface area contributed by atoms with Crippen molar-refractivity contribution in [2.75, 3.05) is 13.2 Å². The fourth-order valence-electron chi connectivity index (χ4n) is 2.23. The summed E-state index contributed by atoms with van der Waals surface area (Å²) in [4.78, 5) is 11.8.